The highest BCUT2D eigenvalue weighted by Gasteiger charge is 2.48. The zero-order valence-corrected chi connectivity index (χ0v) is 20.0. The van der Waals surface area contributed by atoms with E-state index in [1.807, 2.05) is 30.1 Å². The number of hydrogen-bond acceptors (Lipinski definition) is 7. The average Bonchev–Trinajstić information content (AvgIpc) is 3.49. The summed E-state index contributed by atoms with van der Waals surface area (Å²) in [7, 11) is 3.44. The molecule has 3 aliphatic rings. The lowest BCUT2D eigenvalue weighted by atomic mass is 9.74. The summed E-state index contributed by atoms with van der Waals surface area (Å²) in [6.45, 7) is 4.01. The van der Waals surface area contributed by atoms with Gasteiger partial charge >= 0.3 is 12.0 Å². The molecular weight excluding hydrogens is 432 g/mol. The molecule has 2 aliphatic heterocycles. The molecule has 1 aromatic heterocycles. The Balaban J connectivity index is 1.25. The number of amides is 1. The molecule has 3 heterocycles. The third-order valence-electron chi connectivity index (χ3n) is 7.63. The molecule has 8 heteroatoms. The highest BCUT2D eigenvalue weighted by molar-refractivity contribution is 5.96. The van der Waals surface area contributed by atoms with Crippen LogP contribution >= 0.6 is 0 Å². The van der Waals surface area contributed by atoms with Gasteiger partial charge in [-0.2, -0.15) is 0 Å². The third kappa shape index (κ3) is 4.27. The van der Waals surface area contributed by atoms with Crippen LogP contribution in [0.2, 0.25) is 0 Å². The van der Waals surface area contributed by atoms with Crippen LogP contribution in [0.15, 0.2) is 30.6 Å². The van der Waals surface area contributed by atoms with Crippen molar-refractivity contribution < 1.29 is 19.1 Å². The summed E-state index contributed by atoms with van der Waals surface area (Å²) >= 11 is 0. The van der Waals surface area contributed by atoms with Gasteiger partial charge in [-0.15, -0.1) is 0 Å². The molecule has 1 saturated heterocycles. The highest BCUT2D eigenvalue weighted by Crippen LogP contribution is 2.49. The number of carbonyl (C=O) groups excluding carboxylic acids is 2. The minimum absolute atomic E-state index is 0.00678. The van der Waals surface area contributed by atoms with Gasteiger partial charge in [-0.3, -0.25) is 4.79 Å². The standard InChI is InChI=1S/C26H32N4O4/c1-29(13-14-30-11-3-4-12-30)23(31)18-7-9-26(10-8-18)22-6-5-19(15-21(22)24(32)34-26)20-16-27-25(33-2)28-17-20/h5-6,15-18H,3-4,7-14H2,1-2H3/t18-,26-. The van der Waals surface area contributed by atoms with Crippen molar-refractivity contribution in [2.45, 2.75) is 44.1 Å². The van der Waals surface area contributed by atoms with Crippen LogP contribution in [0, 0.1) is 5.92 Å². The molecule has 0 radical (unpaired) electrons. The number of esters is 1. The van der Waals surface area contributed by atoms with Gasteiger partial charge in [0, 0.05) is 49.6 Å². The van der Waals surface area contributed by atoms with Crippen LogP contribution in [0.5, 0.6) is 6.01 Å². The number of fused-ring (bicyclic) bond motifs is 2. The molecule has 2 aromatic rings. The molecule has 5 rings (SSSR count). The number of likely N-dealkylation sites (tertiary alicyclic amines) is 1. The number of carbonyl (C=O) groups is 2. The molecule has 180 valence electrons. The molecule has 34 heavy (non-hydrogen) atoms. The van der Waals surface area contributed by atoms with E-state index in [0.717, 1.165) is 55.7 Å². The van der Waals surface area contributed by atoms with Gasteiger partial charge in [0.25, 0.3) is 0 Å². The van der Waals surface area contributed by atoms with Crippen molar-refractivity contribution in [1.29, 1.82) is 0 Å². The van der Waals surface area contributed by atoms with E-state index in [-0.39, 0.29) is 17.8 Å². The molecule has 2 fully saturated rings. The maximum Gasteiger partial charge on any atom is 0.339 e. The zero-order valence-electron chi connectivity index (χ0n) is 20.0. The highest BCUT2D eigenvalue weighted by atomic mass is 16.6. The van der Waals surface area contributed by atoms with Crippen LogP contribution < -0.4 is 4.74 Å². The van der Waals surface area contributed by atoms with Crippen molar-refractivity contribution in [2.24, 2.45) is 5.92 Å². The summed E-state index contributed by atoms with van der Waals surface area (Å²) < 4.78 is 11.0. The molecule has 1 saturated carbocycles. The summed E-state index contributed by atoms with van der Waals surface area (Å²) in [6.07, 6.45) is 8.69. The predicted octanol–water partition coefficient (Wildman–Crippen LogP) is 3.26. The van der Waals surface area contributed by atoms with E-state index in [9.17, 15) is 9.59 Å². The fraction of sp³-hybridized carbons (Fsp3) is 0.538. The molecule has 0 N–H and O–H groups in total. The Kier molecular flexibility index (Phi) is 6.25. The van der Waals surface area contributed by atoms with Crippen LogP contribution in [0.3, 0.4) is 0 Å². The lowest BCUT2D eigenvalue weighted by molar-refractivity contribution is -0.137. The van der Waals surface area contributed by atoms with E-state index in [1.165, 1.54) is 20.0 Å². The van der Waals surface area contributed by atoms with Gasteiger partial charge in [0.2, 0.25) is 5.91 Å². The van der Waals surface area contributed by atoms with Gasteiger partial charge in [0.15, 0.2) is 0 Å². The fourth-order valence-corrected chi connectivity index (χ4v) is 5.57. The Morgan fingerprint density at radius 2 is 1.88 bits per heavy atom. The monoisotopic (exact) mass is 464 g/mol. The molecule has 0 bridgehead atoms. The van der Waals surface area contributed by atoms with Gasteiger partial charge in [0.1, 0.15) is 5.60 Å². The molecule has 1 aromatic carbocycles. The lowest BCUT2D eigenvalue weighted by Crippen LogP contribution is -2.41. The minimum Gasteiger partial charge on any atom is -0.467 e. The largest absolute Gasteiger partial charge is 0.467 e. The van der Waals surface area contributed by atoms with Crippen molar-refractivity contribution >= 4 is 11.9 Å². The van der Waals surface area contributed by atoms with E-state index in [1.54, 1.807) is 12.4 Å². The summed E-state index contributed by atoms with van der Waals surface area (Å²) in [5, 5.41) is 0. The van der Waals surface area contributed by atoms with Crippen molar-refractivity contribution in [3.05, 3.63) is 41.7 Å². The fourth-order valence-electron chi connectivity index (χ4n) is 5.57. The van der Waals surface area contributed by atoms with Gasteiger partial charge in [-0.05, 0) is 63.2 Å². The molecule has 8 nitrogen and oxygen atoms in total. The van der Waals surface area contributed by atoms with Gasteiger partial charge in [0.05, 0.1) is 12.7 Å². The average molecular weight is 465 g/mol. The topological polar surface area (TPSA) is 84.9 Å². The number of methoxy groups -OCH3 is 1. The second kappa shape index (κ2) is 9.33. The van der Waals surface area contributed by atoms with E-state index < -0.39 is 5.60 Å². The predicted molar refractivity (Wildman–Crippen MR) is 126 cm³/mol. The Labute approximate surface area is 200 Å². The van der Waals surface area contributed by atoms with Crippen molar-refractivity contribution in [1.82, 2.24) is 19.8 Å². The maximum absolute atomic E-state index is 13.0. The quantitative estimate of drug-likeness (QED) is 0.607. The number of nitrogens with zero attached hydrogens (tertiary/aromatic N) is 4. The van der Waals surface area contributed by atoms with Gasteiger partial charge in [-0.25, -0.2) is 14.8 Å². The van der Waals surface area contributed by atoms with Crippen molar-refractivity contribution in [3.8, 4) is 17.1 Å². The first-order valence-corrected chi connectivity index (χ1v) is 12.2. The molecule has 1 amide bonds. The van der Waals surface area contributed by atoms with Crippen LogP contribution in [-0.2, 0) is 15.1 Å². The van der Waals surface area contributed by atoms with Crippen LogP contribution in [0.4, 0.5) is 0 Å². The Morgan fingerprint density at radius 1 is 1.18 bits per heavy atom. The SMILES string of the molecule is COc1ncc(-c2ccc3c(c2)C(=O)O[C@]32CC[C@H](C(=O)N(C)CCN3CCCC3)CC2)cn1. The summed E-state index contributed by atoms with van der Waals surface area (Å²) in [4.78, 5) is 38.5. The molecule has 0 unspecified atom stereocenters. The number of likely N-dealkylation sites (N-methyl/N-ethyl adjacent to an activating group) is 1. The van der Waals surface area contributed by atoms with E-state index in [2.05, 4.69) is 14.9 Å². The second-order valence-corrected chi connectivity index (χ2v) is 9.69. The summed E-state index contributed by atoms with van der Waals surface area (Å²) in [6, 6.07) is 6.14. The van der Waals surface area contributed by atoms with Crippen LogP contribution in [0.25, 0.3) is 11.1 Å². The van der Waals surface area contributed by atoms with Gasteiger partial charge in [-0.1, -0.05) is 12.1 Å². The van der Waals surface area contributed by atoms with Crippen molar-refractivity contribution in [2.75, 3.05) is 40.3 Å². The molecule has 1 spiro atoms. The number of ether oxygens (including phenoxy) is 2. The summed E-state index contributed by atoms with van der Waals surface area (Å²) in [5.74, 6) is -0.0834. The summed E-state index contributed by atoms with van der Waals surface area (Å²) in [5.41, 5.74) is 2.58. The second-order valence-electron chi connectivity index (χ2n) is 9.69. The third-order valence-corrected chi connectivity index (χ3v) is 7.63. The van der Waals surface area contributed by atoms with E-state index in [4.69, 9.17) is 9.47 Å². The zero-order chi connectivity index (χ0) is 23.7. The number of hydrogen-bond donors (Lipinski definition) is 0. The first-order chi connectivity index (χ1) is 16.5. The maximum atomic E-state index is 13.0. The Hall–Kier alpha value is -3.00. The first-order valence-electron chi connectivity index (χ1n) is 12.2. The number of aromatic nitrogens is 2. The van der Waals surface area contributed by atoms with E-state index in [0.29, 0.717) is 24.4 Å². The Bertz CT molecular complexity index is 1060. The van der Waals surface area contributed by atoms with Crippen LogP contribution in [-0.4, -0.2) is 72.0 Å². The van der Waals surface area contributed by atoms with E-state index >= 15 is 0 Å². The number of rotatable bonds is 6. The smallest absolute Gasteiger partial charge is 0.339 e. The Morgan fingerprint density at radius 3 is 2.56 bits per heavy atom. The normalized spacial score (nSPS) is 24.2. The molecule has 1 aliphatic carbocycles. The lowest BCUT2D eigenvalue weighted by Gasteiger charge is -2.37. The first kappa shape index (κ1) is 22.8. The van der Waals surface area contributed by atoms with Gasteiger partial charge < -0.3 is 19.3 Å². The minimum atomic E-state index is -0.619. The van der Waals surface area contributed by atoms with Crippen molar-refractivity contribution in [3.63, 3.8) is 0 Å². The molecular formula is C26H32N4O4. The van der Waals surface area contributed by atoms with Crippen LogP contribution in [0.1, 0.15) is 54.4 Å². The number of benzene rings is 1. The molecule has 0 atom stereocenters.